The first kappa shape index (κ1) is 18.1. The Morgan fingerprint density at radius 3 is 2.47 bits per heavy atom. The minimum absolute atomic E-state index is 0.133. The minimum Gasteiger partial charge on any atom is -0.342 e. The Hall–Kier alpha value is -0.880. The van der Waals surface area contributed by atoms with Crippen molar-refractivity contribution in [2.75, 3.05) is 19.3 Å². The average molecular weight is 291 g/mol. The first-order valence-corrected chi connectivity index (χ1v) is 8.34. The molecule has 0 rings (SSSR count). The van der Waals surface area contributed by atoms with Crippen LogP contribution < -0.4 is 0 Å². The molecule has 0 saturated heterocycles. The molecule has 0 atom stereocenters. The van der Waals surface area contributed by atoms with E-state index in [4.69, 9.17) is 4.55 Å². The standard InChI is InChI=1S/C13H25NO4S/c1-3-4-5-6-7-8-10-13(15)14(2)11-9-12-19(16,17)18/h8,10H,3-7,9,11-12H2,1-2H3,(H,16,17,18)/b10-8+. The van der Waals surface area contributed by atoms with Gasteiger partial charge in [0.1, 0.15) is 0 Å². The van der Waals surface area contributed by atoms with Crippen LogP contribution in [0, 0.1) is 0 Å². The highest BCUT2D eigenvalue weighted by Gasteiger charge is 2.08. The number of allylic oxidation sites excluding steroid dienone is 1. The third kappa shape index (κ3) is 11.9. The van der Waals surface area contributed by atoms with E-state index in [1.54, 1.807) is 7.05 Å². The largest absolute Gasteiger partial charge is 0.342 e. The van der Waals surface area contributed by atoms with Crippen molar-refractivity contribution in [3.63, 3.8) is 0 Å². The Labute approximate surface area is 116 Å². The molecule has 0 saturated carbocycles. The summed E-state index contributed by atoms with van der Waals surface area (Å²) in [6.07, 6.45) is 9.20. The van der Waals surface area contributed by atoms with Gasteiger partial charge in [-0.25, -0.2) is 0 Å². The maximum atomic E-state index is 11.6. The van der Waals surface area contributed by atoms with Crippen molar-refractivity contribution in [3.8, 4) is 0 Å². The van der Waals surface area contributed by atoms with E-state index in [0.29, 0.717) is 6.54 Å². The van der Waals surface area contributed by atoms with Gasteiger partial charge in [-0.3, -0.25) is 9.35 Å². The van der Waals surface area contributed by atoms with E-state index in [1.807, 2.05) is 6.08 Å². The van der Waals surface area contributed by atoms with Crippen LogP contribution in [0.5, 0.6) is 0 Å². The molecule has 0 aliphatic rings. The molecule has 0 unspecified atom stereocenters. The molecule has 19 heavy (non-hydrogen) atoms. The van der Waals surface area contributed by atoms with E-state index in [-0.39, 0.29) is 18.1 Å². The normalized spacial score (nSPS) is 11.9. The van der Waals surface area contributed by atoms with Crippen molar-refractivity contribution in [3.05, 3.63) is 12.2 Å². The van der Waals surface area contributed by atoms with Crippen LogP contribution >= 0.6 is 0 Å². The summed E-state index contributed by atoms with van der Waals surface area (Å²) in [5.41, 5.74) is 0. The summed E-state index contributed by atoms with van der Waals surface area (Å²) in [4.78, 5) is 13.1. The van der Waals surface area contributed by atoms with Crippen LogP contribution in [0.4, 0.5) is 0 Å². The smallest absolute Gasteiger partial charge is 0.264 e. The maximum Gasteiger partial charge on any atom is 0.264 e. The van der Waals surface area contributed by atoms with Crippen molar-refractivity contribution < 1.29 is 17.8 Å². The minimum atomic E-state index is -3.93. The summed E-state index contributed by atoms with van der Waals surface area (Å²) < 4.78 is 29.6. The Balaban J connectivity index is 3.78. The molecular formula is C13H25NO4S. The average Bonchev–Trinajstić information content (AvgIpc) is 2.31. The zero-order chi connectivity index (χ0) is 14.7. The van der Waals surface area contributed by atoms with Crippen LogP contribution in [-0.2, 0) is 14.9 Å². The lowest BCUT2D eigenvalue weighted by Gasteiger charge is -2.14. The predicted molar refractivity (Wildman–Crippen MR) is 76.6 cm³/mol. The second kappa shape index (κ2) is 9.97. The van der Waals surface area contributed by atoms with E-state index in [2.05, 4.69) is 6.92 Å². The molecule has 0 aliphatic heterocycles. The molecule has 0 aromatic carbocycles. The first-order chi connectivity index (χ1) is 8.87. The van der Waals surface area contributed by atoms with Gasteiger partial charge in [0.25, 0.3) is 10.1 Å². The third-order valence-corrected chi connectivity index (χ3v) is 3.56. The zero-order valence-corrected chi connectivity index (χ0v) is 12.7. The van der Waals surface area contributed by atoms with Crippen LogP contribution in [-0.4, -0.2) is 43.1 Å². The molecule has 0 radical (unpaired) electrons. The Morgan fingerprint density at radius 2 is 1.89 bits per heavy atom. The first-order valence-electron chi connectivity index (χ1n) is 6.73. The molecule has 0 heterocycles. The van der Waals surface area contributed by atoms with E-state index in [0.717, 1.165) is 12.8 Å². The van der Waals surface area contributed by atoms with Crippen LogP contribution in [0.2, 0.25) is 0 Å². The number of likely N-dealkylation sites (N-methyl/N-ethyl adjacent to an activating group) is 1. The molecule has 112 valence electrons. The van der Waals surface area contributed by atoms with Gasteiger partial charge < -0.3 is 4.90 Å². The number of hydrogen-bond donors (Lipinski definition) is 1. The molecule has 5 nitrogen and oxygen atoms in total. The highest BCUT2D eigenvalue weighted by atomic mass is 32.2. The molecule has 0 aromatic rings. The fourth-order valence-electron chi connectivity index (χ4n) is 1.59. The Kier molecular flexibility index (Phi) is 9.51. The maximum absolute atomic E-state index is 11.6. The van der Waals surface area contributed by atoms with Gasteiger partial charge in [-0.2, -0.15) is 8.42 Å². The van der Waals surface area contributed by atoms with E-state index in [9.17, 15) is 13.2 Å². The molecule has 0 spiro atoms. The highest BCUT2D eigenvalue weighted by molar-refractivity contribution is 7.85. The van der Waals surface area contributed by atoms with Crippen molar-refractivity contribution in [2.24, 2.45) is 0 Å². The molecular weight excluding hydrogens is 266 g/mol. The van der Waals surface area contributed by atoms with Crippen LogP contribution in [0.3, 0.4) is 0 Å². The molecule has 6 heteroatoms. The van der Waals surface area contributed by atoms with E-state index >= 15 is 0 Å². The second-order valence-corrected chi connectivity index (χ2v) is 6.22. The number of unbranched alkanes of at least 4 members (excludes halogenated alkanes) is 4. The van der Waals surface area contributed by atoms with Gasteiger partial charge in [0.15, 0.2) is 0 Å². The zero-order valence-electron chi connectivity index (χ0n) is 11.8. The SMILES string of the molecule is CCCCCC/C=C/C(=O)N(C)CCCS(=O)(=O)O. The lowest BCUT2D eigenvalue weighted by atomic mass is 10.1. The van der Waals surface area contributed by atoms with Gasteiger partial charge in [-0.05, 0) is 25.3 Å². The van der Waals surface area contributed by atoms with Crippen molar-refractivity contribution in [1.82, 2.24) is 4.90 Å². The summed E-state index contributed by atoms with van der Waals surface area (Å²) in [5.74, 6) is -0.448. The van der Waals surface area contributed by atoms with Crippen molar-refractivity contribution in [1.29, 1.82) is 0 Å². The third-order valence-electron chi connectivity index (χ3n) is 2.76. The van der Waals surface area contributed by atoms with Gasteiger partial charge in [0.2, 0.25) is 5.91 Å². The van der Waals surface area contributed by atoms with Gasteiger partial charge in [-0.15, -0.1) is 0 Å². The number of amides is 1. The fraction of sp³-hybridized carbons (Fsp3) is 0.769. The number of nitrogens with zero attached hydrogens (tertiary/aromatic N) is 1. The summed E-state index contributed by atoms with van der Waals surface area (Å²) in [5, 5.41) is 0. The molecule has 1 amide bonds. The topological polar surface area (TPSA) is 74.7 Å². The Morgan fingerprint density at radius 1 is 1.21 bits per heavy atom. The van der Waals surface area contributed by atoms with Crippen molar-refractivity contribution >= 4 is 16.0 Å². The number of carbonyl (C=O) groups excluding carboxylic acids is 1. The summed E-state index contributed by atoms with van der Waals surface area (Å²) in [6.45, 7) is 2.47. The number of hydrogen-bond acceptors (Lipinski definition) is 3. The Bertz CT molecular complexity index is 376. The van der Waals surface area contributed by atoms with Crippen molar-refractivity contribution in [2.45, 2.75) is 45.4 Å². The van der Waals surface area contributed by atoms with Gasteiger partial charge >= 0.3 is 0 Å². The lowest BCUT2D eigenvalue weighted by Crippen LogP contribution is -2.27. The number of carbonyl (C=O) groups is 1. The molecule has 0 aliphatic carbocycles. The summed E-state index contributed by atoms with van der Waals surface area (Å²) in [7, 11) is -2.31. The fourth-order valence-corrected chi connectivity index (χ4v) is 2.09. The second-order valence-electron chi connectivity index (χ2n) is 4.65. The number of rotatable bonds is 10. The van der Waals surface area contributed by atoms with Crippen LogP contribution in [0.25, 0.3) is 0 Å². The molecule has 0 fully saturated rings. The quantitative estimate of drug-likeness (QED) is 0.380. The molecule has 1 N–H and O–H groups in total. The summed E-state index contributed by atoms with van der Waals surface area (Å²) in [6, 6.07) is 0. The van der Waals surface area contributed by atoms with Crippen LogP contribution in [0.15, 0.2) is 12.2 Å². The van der Waals surface area contributed by atoms with E-state index < -0.39 is 10.1 Å². The van der Waals surface area contributed by atoms with E-state index in [1.165, 1.54) is 30.2 Å². The van der Waals surface area contributed by atoms with Gasteiger partial charge in [-0.1, -0.05) is 32.3 Å². The van der Waals surface area contributed by atoms with Gasteiger partial charge in [0, 0.05) is 13.6 Å². The monoisotopic (exact) mass is 291 g/mol. The highest BCUT2D eigenvalue weighted by Crippen LogP contribution is 2.03. The van der Waals surface area contributed by atoms with Crippen LogP contribution in [0.1, 0.15) is 45.4 Å². The summed E-state index contributed by atoms with van der Waals surface area (Å²) >= 11 is 0. The lowest BCUT2D eigenvalue weighted by molar-refractivity contribution is -0.124. The molecule has 0 aromatic heterocycles. The molecule has 0 bridgehead atoms. The van der Waals surface area contributed by atoms with Gasteiger partial charge in [0.05, 0.1) is 5.75 Å². The predicted octanol–water partition coefficient (Wildman–Crippen LogP) is 2.25.